The first-order valence-corrected chi connectivity index (χ1v) is 5.74. The average Bonchev–Trinajstić information content (AvgIpc) is 2.27. The maximum absolute atomic E-state index is 5.19. The van der Waals surface area contributed by atoms with Crippen molar-refractivity contribution in [2.75, 3.05) is 7.11 Å². The molecule has 0 saturated heterocycles. The van der Waals surface area contributed by atoms with Gasteiger partial charge in [-0.15, -0.1) is 0 Å². The number of hydrogen-bond acceptors (Lipinski definition) is 3. The van der Waals surface area contributed by atoms with Crippen LogP contribution in [0.1, 0.15) is 11.4 Å². The minimum Gasteiger partial charge on any atom is -0.497 e. The molecule has 3 nitrogen and oxygen atoms in total. The van der Waals surface area contributed by atoms with E-state index < -0.39 is 0 Å². The second-order valence-corrected chi connectivity index (χ2v) is 4.32. The van der Waals surface area contributed by atoms with Crippen LogP contribution >= 0.6 is 12.2 Å². The summed E-state index contributed by atoms with van der Waals surface area (Å²) in [6.45, 7) is 3.95. The zero-order chi connectivity index (χ0) is 12.4. The summed E-state index contributed by atoms with van der Waals surface area (Å²) in [5, 5.41) is 0. The van der Waals surface area contributed by atoms with Crippen LogP contribution in [0.5, 0.6) is 5.75 Å². The molecule has 0 spiro atoms. The highest BCUT2D eigenvalue weighted by molar-refractivity contribution is 7.71. The van der Waals surface area contributed by atoms with E-state index in [0.717, 1.165) is 28.4 Å². The summed E-state index contributed by atoms with van der Waals surface area (Å²) in [6, 6.07) is 7.84. The van der Waals surface area contributed by atoms with Gasteiger partial charge in [-0.1, -0.05) is 12.2 Å². The number of nitrogens with zero attached hydrogens (tertiary/aromatic N) is 1. The molecule has 1 aromatic carbocycles. The van der Waals surface area contributed by atoms with Gasteiger partial charge in [-0.25, -0.2) is 4.98 Å². The fourth-order valence-corrected chi connectivity index (χ4v) is 2.05. The van der Waals surface area contributed by atoms with Crippen LogP contribution in [0.2, 0.25) is 0 Å². The molecule has 1 heterocycles. The lowest BCUT2D eigenvalue weighted by molar-refractivity contribution is 0.414. The number of rotatable bonds is 2. The van der Waals surface area contributed by atoms with E-state index in [-0.39, 0.29) is 0 Å². The molecule has 0 amide bonds. The molecule has 0 atom stereocenters. The Morgan fingerprint density at radius 2 is 2.00 bits per heavy atom. The van der Waals surface area contributed by atoms with Gasteiger partial charge in [0.2, 0.25) is 0 Å². The van der Waals surface area contributed by atoms with E-state index >= 15 is 0 Å². The third kappa shape index (κ3) is 2.53. The molecule has 0 aliphatic heterocycles. The molecule has 0 aliphatic carbocycles. The van der Waals surface area contributed by atoms with Crippen molar-refractivity contribution in [3.8, 4) is 17.0 Å². The van der Waals surface area contributed by atoms with Crippen molar-refractivity contribution >= 4 is 12.2 Å². The van der Waals surface area contributed by atoms with Crippen LogP contribution in [0.25, 0.3) is 11.3 Å². The van der Waals surface area contributed by atoms with Gasteiger partial charge in [0, 0.05) is 11.3 Å². The fraction of sp³-hybridized carbons (Fsp3) is 0.231. The van der Waals surface area contributed by atoms with Crippen LogP contribution in [0.15, 0.2) is 24.3 Å². The summed E-state index contributed by atoms with van der Waals surface area (Å²) in [6.07, 6.45) is 0. The highest BCUT2D eigenvalue weighted by Crippen LogP contribution is 2.25. The smallest absolute Gasteiger partial charge is 0.130 e. The Labute approximate surface area is 105 Å². The molecule has 2 aromatic rings. The predicted octanol–water partition coefficient (Wildman–Crippen LogP) is 3.43. The zero-order valence-electron chi connectivity index (χ0n) is 10.1. The highest BCUT2D eigenvalue weighted by Gasteiger charge is 2.04. The molecule has 0 saturated carbocycles. The maximum Gasteiger partial charge on any atom is 0.130 e. The van der Waals surface area contributed by atoms with Gasteiger partial charge in [-0.05, 0) is 43.7 Å². The first-order valence-electron chi connectivity index (χ1n) is 5.33. The van der Waals surface area contributed by atoms with E-state index in [9.17, 15) is 0 Å². The quantitative estimate of drug-likeness (QED) is 0.825. The molecular formula is C13H14N2OS. The highest BCUT2D eigenvalue weighted by atomic mass is 32.1. The minimum atomic E-state index is 0.603. The van der Waals surface area contributed by atoms with E-state index in [1.807, 2.05) is 38.1 Å². The summed E-state index contributed by atoms with van der Waals surface area (Å²) < 4.78 is 5.79. The SMILES string of the molecule is COc1ccc(-c2cc(=S)nc(C)[nH]2)c(C)c1. The van der Waals surface area contributed by atoms with E-state index in [1.165, 1.54) is 0 Å². The average molecular weight is 246 g/mol. The first kappa shape index (κ1) is 11.8. The Hall–Kier alpha value is -1.68. The standard InChI is InChI=1S/C13H14N2OS/c1-8-6-10(16-3)4-5-11(8)12-7-13(17)15-9(2)14-12/h4-7H,1-3H3,(H,14,15,17). The van der Waals surface area contributed by atoms with Crippen molar-refractivity contribution in [2.24, 2.45) is 0 Å². The van der Waals surface area contributed by atoms with Crippen molar-refractivity contribution in [1.82, 2.24) is 9.97 Å². The summed E-state index contributed by atoms with van der Waals surface area (Å²) in [5.74, 6) is 1.68. The Morgan fingerprint density at radius 1 is 1.24 bits per heavy atom. The molecule has 0 aliphatic rings. The zero-order valence-corrected chi connectivity index (χ0v) is 10.9. The van der Waals surface area contributed by atoms with Gasteiger partial charge in [0.25, 0.3) is 0 Å². The molecule has 0 fully saturated rings. The Bertz CT molecular complexity index is 605. The Kier molecular flexibility index (Phi) is 3.24. The van der Waals surface area contributed by atoms with Crippen LogP contribution in [-0.2, 0) is 0 Å². The van der Waals surface area contributed by atoms with Crippen LogP contribution in [0.3, 0.4) is 0 Å². The molecule has 1 N–H and O–H groups in total. The maximum atomic E-state index is 5.19. The van der Waals surface area contributed by atoms with Gasteiger partial charge >= 0.3 is 0 Å². The number of aryl methyl sites for hydroxylation is 2. The number of nitrogens with one attached hydrogen (secondary N) is 1. The van der Waals surface area contributed by atoms with E-state index in [0.29, 0.717) is 4.64 Å². The number of aromatic nitrogens is 2. The number of aromatic amines is 1. The second-order valence-electron chi connectivity index (χ2n) is 3.90. The third-order valence-corrected chi connectivity index (χ3v) is 2.79. The van der Waals surface area contributed by atoms with Crippen molar-refractivity contribution in [1.29, 1.82) is 0 Å². The molecule has 88 valence electrons. The third-order valence-electron chi connectivity index (χ3n) is 2.59. The lowest BCUT2D eigenvalue weighted by Crippen LogP contribution is -1.93. The first-order chi connectivity index (χ1) is 8.10. The molecule has 0 unspecified atom stereocenters. The molecule has 2 rings (SSSR count). The van der Waals surface area contributed by atoms with Gasteiger partial charge < -0.3 is 9.72 Å². The fourth-order valence-electron chi connectivity index (χ4n) is 1.79. The van der Waals surface area contributed by atoms with Gasteiger partial charge in [0.15, 0.2) is 0 Å². The molecule has 17 heavy (non-hydrogen) atoms. The van der Waals surface area contributed by atoms with Gasteiger partial charge in [-0.2, -0.15) is 0 Å². The monoisotopic (exact) mass is 246 g/mol. The van der Waals surface area contributed by atoms with Crippen LogP contribution < -0.4 is 4.74 Å². The lowest BCUT2D eigenvalue weighted by atomic mass is 10.1. The molecule has 4 heteroatoms. The number of benzene rings is 1. The molecular weight excluding hydrogens is 232 g/mol. The molecule has 0 bridgehead atoms. The minimum absolute atomic E-state index is 0.603. The summed E-state index contributed by atoms with van der Waals surface area (Å²) >= 11 is 5.12. The number of H-pyrrole nitrogens is 1. The summed E-state index contributed by atoms with van der Waals surface area (Å²) in [7, 11) is 1.67. The predicted molar refractivity (Wildman–Crippen MR) is 70.9 cm³/mol. The number of methoxy groups -OCH3 is 1. The van der Waals surface area contributed by atoms with Crippen molar-refractivity contribution < 1.29 is 4.74 Å². The van der Waals surface area contributed by atoms with E-state index in [2.05, 4.69) is 9.97 Å². The summed E-state index contributed by atoms with van der Waals surface area (Å²) in [5.41, 5.74) is 3.24. The lowest BCUT2D eigenvalue weighted by Gasteiger charge is -2.09. The van der Waals surface area contributed by atoms with Crippen molar-refractivity contribution in [2.45, 2.75) is 13.8 Å². The van der Waals surface area contributed by atoms with Crippen LogP contribution in [0.4, 0.5) is 0 Å². The normalized spacial score (nSPS) is 10.3. The Morgan fingerprint density at radius 3 is 2.59 bits per heavy atom. The van der Waals surface area contributed by atoms with Crippen LogP contribution in [-0.4, -0.2) is 17.1 Å². The van der Waals surface area contributed by atoms with Gasteiger partial charge in [-0.3, -0.25) is 0 Å². The molecule has 0 radical (unpaired) electrons. The number of ether oxygens (including phenoxy) is 1. The largest absolute Gasteiger partial charge is 0.497 e. The summed E-state index contributed by atoms with van der Waals surface area (Å²) in [4.78, 5) is 7.38. The second kappa shape index (κ2) is 4.67. The van der Waals surface area contributed by atoms with Crippen LogP contribution in [0, 0.1) is 18.5 Å². The topological polar surface area (TPSA) is 37.9 Å². The number of hydrogen-bond donors (Lipinski definition) is 1. The Balaban J connectivity index is 2.56. The van der Waals surface area contributed by atoms with Crippen molar-refractivity contribution in [3.05, 3.63) is 40.3 Å². The van der Waals surface area contributed by atoms with Gasteiger partial charge in [0.1, 0.15) is 16.2 Å². The van der Waals surface area contributed by atoms with Gasteiger partial charge in [0.05, 0.1) is 7.11 Å². The van der Waals surface area contributed by atoms with E-state index in [1.54, 1.807) is 7.11 Å². The molecule has 1 aromatic heterocycles. The van der Waals surface area contributed by atoms with Crippen molar-refractivity contribution in [3.63, 3.8) is 0 Å². The van der Waals surface area contributed by atoms with E-state index in [4.69, 9.17) is 17.0 Å².